The van der Waals surface area contributed by atoms with Crippen LogP contribution in [0.25, 0.3) is 0 Å². The van der Waals surface area contributed by atoms with Gasteiger partial charge in [0.05, 0.1) is 24.2 Å². The molecule has 1 aromatic carbocycles. The van der Waals surface area contributed by atoms with E-state index in [2.05, 4.69) is 4.72 Å². The summed E-state index contributed by atoms with van der Waals surface area (Å²) in [5, 5.41) is -0.662. The highest BCUT2D eigenvalue weighted by atomic mass is 32.2. The van der Waals surface area contributed by atoms with Gasteiger partial charge < -0.3 is 15.2 Å². The van der Waals surface area contributed by atoms with Crippen molar-refractivity contribution in [2.75, 3.05) is 24.5 Å². The number of benzene rings is 1. The van der Waals surface area contributed by atoms with Crippen molar-refractivity contribution in [3.05, 3.63) is 18.2 Å². The lowest BCUT2D eigenvalue weighted by Crippen LogP contribution is -2.31. The third-order valence-corrected chi connectivity index (χ3v) is 4.44. The normalized spacial score (nSPS) is 12.8. The largest absolute Gasteiger partial charge is 0.490 e. The van der Waals surface area contributed by atoms with Gasteiger partial charge >= 0.3 is 0 Å². The van der Waals surface area contributed by atoms with Crippen LogP contribution in [0, 0.1) is 0 Å². The Morgan fingerprint density at radius 2 is 1.80 bits per heavy atom. The molecule has 1 unspecified atom stereocenters. The van der Waals surface area contributed by atoms with Gasteiger partial charge in [-0.25, -0.2) is 8.42 Å². The summed E-state index contributed by atoms with van der Waals surface area (Å²) in [4.78, 5) is 0. The van der Waals surface area contributed by atoms with Gasteiger partial charge in [0.1, 0.15) is 0 Å². The van der Waals surface area contributed by atoms with Crippen LogP contribution in [0.3, 0.4) is 0 Å². The average Bonchev–Trinajstić information content (AvgIpc) is 2.40. The Labute approximate surface area is 120 Å². The molecule has 0 saturated heterocycles. The molecule has 0 aromatic heterocycles. The van der Waals surface area contributed by atoms with Crippen LogP contribution in [-0.2, 0) is 10.0 Å². The van der Waals surface area contributed by atoms with Crippen molar-refractivity contribution in [2.45, 2.75) is 26.0 Å². The van der Waals surface area contributed by atoms with E-state index in [1.807, 2.05) is 13.8 Å². The first-order chi connectivity index (χ1) is 9.44. The Kier molecular flexibility index (Phi) is 6.09. The fourth-order valence-electron chi connectivity index (χ4n) is 1.51. The molecule has 1 aromatic rings. The fraction of sp³-hybridized carbons (Fsp3) is 0.538. The van der Waals surface area contributed by atoms with Gasteiger partial charge in [0.2, 0.25) is 10.0 Å². The van der Waals surface area contributed by atoms with E-state index >= 15 is 0 Å². The van der Waals surface area contributed by atoms with Crippen LogP contribution in [0.1, 0.15) is 20.8 Å². The molecule has 0 aliphatic carbocycles. The van der Waals surface area contributed by atoms with E-state index in [4.69, 9.17) is 15.2 Å². The van der Waals surface area contributed by atoms with Gasteiger partial charge in [0, 0.05) is 12.6 Å². The molecule has 0 heterocycles. The fourth-order valence-corrected chi connectivity index (χ4v) is 2.42. The number of anilines is 1. The minimum absolute atomic E-state index is 0.0602. The second kappa shape index (κ2) is 7.35. The lowest BCUT2D eigenvalue weighted by atomic mass is 10.3. The molecule has 0 bridgehead atoms. The van der Waals surface area contributed by atoms with E-state index in [9.17, 15) is 8.42 Å². The summed E-state index contributed by atoms with van der Waals surface area (Å²) in [6.45, 7) is 6.31. The molecule has 0 aliphatic rings. The van der Waals surface area contributed by atoms with E-state index in [1.165, 1.54) is 0 Å². The standard InChI is InChI=1S/C13H22N2O4S/c1-4-18-12-7-6-11(8-13(12)19-5-2)15-20(16,17)10(3)9-14/h6-8,10,15H,4-5,9,14H2,1-3H3. The zero-order chi connectivity index (χ0) is 15.2. The second-order valence-corrected chi connectivity index (χ2v) is 6.32. The Hall–Kier alpha value is -1.47. The molecule has 114 valence electrons. The summed E-state index contributed by atoms with van der Waals surface area (Å²) >= 11 is 0. The summed E-state index contributed by atoms with van der Waals surface area (Å²) in [5.41, 5.74) is 5.82. The molecule has 1 rings (SSSR count). The molecule has 3 N–H and O–H groups in total. The molecule has 20 heavy (non-hydrogen) atoms. The van der Waals surface area contributed by atoms with E-state index in [0.717, 1.165) is 0 Å². The number of hydrogen-bond donors (Lipinski definition) is 2. The minimum atomic E-state index is -3.49. The zero-order valence-electron chi connectivity index (χ0n) is 12.0. The third kappa shape index (κ3) is 4.28. The molecule has 0 saturated carbocycles. The van der Waals surface area contributed by atoms with Gasteiger partial charge in [-0.3, -0.25) is 4.72 Å². The molecule has 0 amide bonds. The lowest BCUT2D eigenvalue weighted by molar-refractivity contribution is 0.288. The van der Waals surface area contributed by atoms with Crippen molar-refractivity contribution < 1.29 is 17.9 Å². The molecule has 0 fully saturated rings. The van der Waals surface area contributed by atoms with Gasteiger partial charge in [-0.15, -0.1) is 0 Å². The van der Waals surface area contributed by atoms with Crippen molar-refractivity contribution in [2.24, 2.45) is 5.73 Å². The predicted molar refractivity (Wildman–Crippen MR) is 79.8 cm³/mol. The number of rotatable bonds is 8. The number of sulfonamides is 1. The van der Waals surface area contributed by atoms with Crippen LogP contribution >= 0.6 is 0 Å². The highest BCUT2D eigenvalue weighted by Gasteiger charge is 2.19. The monoisotopic (exact) mass is 302 g/mol. The number of nitrogens with two attached hydrogens (primary N) is 1. The van der Waals surface area contributed by atoms with Crippen molar-refractivity contribution >= 4 is 15.7 Å². The molecule has 0 aliphatic heterocycles. The molecule has 6 nitrogen and oxygen atoms in total. The zero-order valence-corrected chi connectivity index (χ0v) is 12.9. The van der Waals surface area contributed by atoms with Gasteiger partial charge in [-0.2, -0.15) is 0 Å². The van der Waals surface area contributed by atoms with E-state index in [-0.39, 0.29) is 6.54 Å². The highest BCUT2D eigenvalue weighted by Crippen LogP contribution is 2.31. The maximum absolute atomic E-state index is 11.9. The smallest absolute Gasteiger partial charge is 0.236 e. The summed E-state index contributed by atoms with van der Waals surface area (Å²) in [5.74, 6) is 1.10. The second-order valence-electron chi connectivity index (χ2n) is 4.22. The molecular weight excluding hydrogens is 280 g/mol. The van der Waals surface area contributed by atoms with E-state index in [1.54, 1.807) is 25.1 Å². The van der Waals surface area contributed by atoms with Gasteiger partial charge in [-0.1, -0.05) is 0 Å². The average molecular weight is 302 g/mol. The highest BCUT2D eigenvalue weighted by molar-refractivity contribution is 7.93. The van der Waals surface area contributed by atoms with Crippen molar-refractivity contribution in [3.8, 4) is 11.5 Å². The molecule has 0 spiro atoms. The Bertz CT molecular complexity index is 531. The Morgan fingerprint density at radius 1 is 1.20 bits per heavy atom. The molecule has 1 atom stereocenters. The number of nitrogens with one attached hydrogen (secondary N) is 1. The van der Waals surface area contributed by atoms with Crippen LogP contribution < -0.4 is 19.9 Å². The van der Waals surface area contributed by atoms with Crippen molar-refractivity contribution in [1.29, 1.82) is 0 Å². The Morgan fingerprint density at radius 3 is 2.35 bits per heavy atom. The predicted octanol–water partition coefficient (Wildman–Crippen LogP) is 1.57. The van der Waals surface area contributed by atoms with Gasteiger partial charge in [0.25, 0.3) is 0 Å². The summed E-state index contributed by atoms with van der Waals surface area (Å²) in [7, 11) is -3.49. The van der Waals surface area contributed by atoms with Crippen molar-refractivity contribution in [3.63, 3.8) is 0 Å². The minimum Gasteiger partial charge on any atom is -0.490 e. The van der Waals surface area contributed by atoms with Crippen molar-refractivity contribution in [1.82, 2.24) is 0 Å². The number of hydrogen-bond acceptors (Lipinski definition) is 5. The van der Waals surface area contributed by atoms with Crippen LogP contribution in [0.4, 0.5) is 5.69 Å². The maximum atomic E-state index is 11.9. The summed E-state index contributed by atoms with van der Waals surface area (Å²) < 4.78 is 37.3. The van der Waals surface area contributed by atoms with Crippen LogP contribution in [0.15, 0.2) is 18.2 Å². The maximum Gasteiger partial charge on any atom is 0.236 e. The van der Waals surface area contributed by atoms with Crippen LogP contribution in [0.2, 0.25) is 0 Å². The van der Waals surface area contributed by atoms with Crippen LogP contribution in [-0.4, -0.2) is 33.4 Å². The van der Waals surface area contributed by atoms with E-state index in [0.29, 0.717) is 30.4 Å². The summed E-state index contributed by atoms with van der Waals surface area (Å²) in [6.07, 6.45) is 0. The first-order valence-corrected chi connectivity index (χ1v) is 8.10. The molecule has 7 heteroatoms. The summed E-state index contributed by atoms with van der Waals surface area (Å²) in [6, 6.07) is 4.92. The first kappa shape index (κ1) is 16.6. The third-order valence-electron chi connectivity index (χ3n) is 2.67. The van der Waals surface area contributed by atoms with Crippen LogP contribution in [0.5, 0.6) is 11.5 Å². The molecule has 0 radical (unpaired) electrons. The first-order valence-electron chi connectivity index (χ1n) is 6.55. The van der Waals surface area contributed by atoms with Gasteiger partial charge in [0.15, 0.2) is 11.5 Å². The molecular formula is C13H22N2O4S. The number of ether oxygens (including phenoxy) is 2. The van der Waals surface area contributed by atoms with Gasteiger partial charge in [-0.05, 0) is 32.9 Å². The SMILES string of the molecule is CCOc1ccc(NS(=O)(=O)C(C)CN)cc1OCC. The Balaban J connectivity index is 3.00. The quantitative estimate of drug-likeness (QED) is 0.760. The lowest BCUT2D eigenvalue weighted by Gasteiger charge is -2.15. The topological polar surface area (TPSA) is 90.7 Å². The van der Waals surface area contributed by atoms with E-state index < -0.39 is 15.3 Å².